The van der Waals surface area contributed by atoms with E-state index in [2.05, 4.69) is 18.3 Å². The third-order valence-corrected chi connectivity index (χ3v) is 5.42. The fourth-order valence-corrected chi connectivity index (χ4v) is 3.97. The van der Waals surface area contributed by atoms with Crippen molar-refractivity contribution in [2.75, 3.05) is 6.54 Å². The van der Waals surface area contributed by atoms with Crippen LogP contribution in [0.15, 0.2) is 34.9 Å². The second-order valence-corrected chi connectivity index (χ2v) is 7.47. The van der Waals surface area contributed by atoms with Crippen LogP contribution in [0.3, 0.4) is 0 Å². The number of halogens is 1. The largest absolute Gasteiger partial charge is 0.467 e. The molecule has 2 heterocycles. The lowest BCUT2D eigenvalue weighted by atomic mass is 10.00. The van der Waals surface area contributed by atoms with Gasteiger partial charge in [0.2, 0.25) is 0 Å². The number of hydrogen-bond donors (Lipinski definition) is 1. The lowest BCUT2D eigenvalue weighted by Crippen LogP contribution is -2.28. The summed E-state index contributed by atoms with van der Waals surface area (Å²) in [6, 6.07) is 8.14. The molecule has 2 nitrogen and oxygen atoms in total. The first-order valence-electron chi connectivity index (χ1n) is 7.24. The highest BCUT2D eigenvalue weighted by molar-refractivity contribution is 7.16. The van der Waals surface area contributed by atoms with Crippen molar-refractivity contribution in [2.45, 2.75) is 38.6 Å². The molecular formula is C16H20ClNOS. The fourth-order valence-electron chi connectivity index (χ4n) is 2.82. The van der Waals surface area contributed by atoms with Gasteiger partial charge >= 0.3 is 0 Å². The molecule has 0 aliphatic heterocycles. The molecular weight excluding hydrogens is 290 g/mol. The smallest absolute Gasteiger partial charge is 0.126 e. The van der Waals surface area contributed by atoms with Crippen LogP contribution < -0.4 is 5.32 Å². The fraction of sp³-hybridized carbons (Fsp3) is 0.500. The Morgan fingerprint density at radius 1 is 1.40 bits per heavy atom. The van der Waals surface area contributed by atoms with Gasteiger partial charge in [0, 0.05) is 11.4 Å². The second kappa shape index (κ2) is 5.92. The van der Waals surface area contributed by atoms with Gasteiger partial charge in [-0.2, -0.15) is 0 Å². The maximum Gasteiger partial charge on any atom is 0.126 e. The van der Waals surface area contributed by atoms with E-state index in [1.54, 1.807) is 17.6 Å². The normalized spacial score (nSPS) is 18.1. The van der Waals surface area contributed by atoms with Crippen LogP contribution in [0.5, 0.6) is 0 Å². The molecule has 1 aliphatic carbocycles. The molecule has 4 heteroatoms. The van der Waals surface area contributed by atoms with Crippen molar-refractivity contribution in [1.82, 2.24) is 5.32 Å². The van der Waals surface area contributed by atoms with Crippen molar-refractivity contribution in [1.29, 1.82) is 0 Å². The molecule has 20 heavy (non-hydrogen) atoms. The van der Waals surface area contributed by atoms with E-state index in [9.17, 15) is 0 Å². The zero-order valence-corrected chi connectivity index (χ0v) is 13.3. The Kier molecular flexibility index (Phi) is 4.20. The summed E-state index contributed by atoms with van der Waals surface area (Å²) in [7, 11) is 0. The summed E-state index contributed by atoms with van der Waals surface area (Å²) < 4.78 is 6.43. The molecule has 1 N–H and O–H groups in total. The molecule has 0 radical (unpaired) electrons. The molecule has 1 unspecified atom stereocenters. The van der Waals surface area contributed by atoms with E-state index in [0.717, 1.165) is 16.6 Å². The molecule has 1 atom stereocenters. The topological polar surface area (TPSA) is 25.2 Å². The number of rotatable bonds is 7. The third kappa shape index (κ3) is 3.11. The standard InChI is InChI=1S/C16H20ClNOS/c1-2-7-16(8-9-16)11-18-15(12-4-3-10-19-12)13-5-6-14(17)20-13/h3-6,10,15,18H,2,7-9,11H2,1H3. The second-order valence-electron chi connectivity index (χ2n) is 5.72. The minimum atomic E-state index is 0.122. The maximum absolute atomic E-state index is 6.08. The van der Waals surface area contributed by atoms with Gasteiger partial charge in [-0.1, -0.05) is 24.9 Å². The van der Waals surface area contributed by atoms with Gasteiger partial charge in [0.1, 0.15) is 11.8 Å². The number of furan rings is 1. The number of thiophene rings is 1. The van der Waals surface area contributed by atoms with E-state index in [0.29, 0.717) is 5.41 Å². The van der Waals surface area contributed by atoms with Gasteiger partial charge in [-0.25, -0.2) is 0 Å². The predicted octanol–water partition coefficient (Wildman–Crippen LogP) is 5.25. The predicted molar refractivity (Wildman–Crippen MR) is 84.5 cm³/mol. The molecule has 3 rings (SSSR count). The van der Waals surface area contributed by atoms with E-state index in [1.165, 1.54) is 30.6 Å². The van der Waals surface area contributed by atoms with Gasteiger partial charge in [-0.3, -0.25) is 0 Å². The minimum Gasteiger partial charge on any atom is -0.467 e. The molecule has 108 valence electrons. The van der Waals surface area contributed by atoms with E-state index in [4.69, 9.17) is 16.0 Å². The first kappa shape index (κ1) is 14.2. The summed E-state index contributed by atoms with van der Waals surface area (Å²) in [5, 5.41) is 3.70. The lowest BCUT2D eigenvalue weighted by molar-refractivity contribution is 0.379. The SMILES string of the molecule is CCCC1(CNC(c2ccco2)c2ccc(Cl)s2)CC1. The molecule has 0 saturated heterocycles. The summed E-state index contributed by atoms with van der Waals surface area (Å²) in [6.07, 6.45) is 7.01. The number of nitrogens with one attached hydrogen (secondary N) is 1. The average Bonchev–Trinajstić information content (AvgIpc) is 2.85. The molecule has 2 aromatic rings. The summed E-state index contributed by atoms with van der Waals surface area (Å²) >= 11 is 7.70. The molecule has 2 aromatic heterocycles. The number of hydrogen-bond acceptors (Lipinski definition) is 3. The summed E-state index contributed by atoms with van der Waals surface area (Å²) in [5.41, 5.74) is 0.528. The van der Waals surface area contributed by atoms with Crippen LogP contribution in [0.1, 0.15) is 49.3 Å². The van der Waals surface area contributed by atoms with Gasteiger partial charge in [-0.15, -0.1) is 11.3 Å². The highest BCUT2D eigenvalue weighted by atomic mass is 35.5. The van der Waals surface area contributed by atoms with Crippen LogP contribution in [-0.4, -0.2) is 6.54 Å². The van der Waals surface area contributed by atoms with Crippen molar-refractivity contribution >= 4 is 22.9 Å². The maximum atomic E-state index is 6.08. The van der Waals surface area contributed by atoms with Gasteiger partial charge in [-0.05, 0) is 48.9 Å². The Bertz CT molecular complexity index is 545. The van der Waals surface area contributed by atoms with Crippen molar-refractivity contribution in [2.24, 2.45) is 5.41 Å². The lowest BCUT2D eigenvalue weighted by Gasteiger charge is -2.20. The molecule has 0 spiro atoms. The first-order chi connectivity index (χ1) is 9.72. The van der Waals surface area contributed by atoms with Crippen LogP contribution in [0.25, 0.3) is 0 Å². The Labute approximate surface area is 129 Å². The van der Waals surface area contributed by atoms with Crippen molar-refractivity contribution < 1.29 is 4.42 Å². The van der Waals surface area contributed by atoms with Gasteiger partial charge in [0.05, 0.1) is 10.6 Å². The minimum absolute atomic E-state index is 0.122. The van der Waals surface area contributed by atoms with Gasteiger partial charge < -0.3 is 9.73 Å². The van der Waals surface area contributed by atoms with Crippen LogP contribution in [0.2, 0.25) is 4.34 Å². The molecule has 0 bridgehead atoms. The molecule has 1 fully saturated rings. The molecule has 1 saturated carbocycles. The molecule has 0 amide bonds. The van der Waals surface area contributed by atoms with Gasteiger partial charge in [0.25, 0.3) is 0 Å². The van der Waals surface area contributed by atoms with E-state index in [1.807, 2.05) is 18.2 Å². The monoisotopic (exact) mass is 309 g/mol. The van der Waals surface area contributed by atoms with Crippen molar-refractivity contribution in [3.05, 3.63) is 45.5 Å². The highest BCUT2D eigenvalue weighted by Gasteiger charge is 2.41. The van der Waals surface area contributed by atoms with Crippen LogP contribution in [0.4, 0.5) is 0 Å². The quantitative estimate of drug-likeness (QED) is 0.755. The zero-order chi connectivity index (χ0) is 14.0. The van der Waals surface area contributed by atoms with Crippen molar-refractivity contribution in [3.8, 4) is 0 Å². The molecule has 0 aromatic carbocycles. The van der Waals surface area contributed by atoms with E-state index >= 15 is 0 Å². The first-order valence-corrected chi connectivity index (χ1v) is 8.44. The summed E-state index contributed by atoms with van der Waals surface area (Å²) in [5.74, 6) is 0.968. The van der Waals surface area contributed by atoms with Crippen LogP contribution in [0, 0.1) is 5.41 Å². The Morgan fingerprint density at radius 2 is 2.25 bits per heavy atom. The molecule has 1 aliphatic rings. The Hall–Kier alpha value is -0.770. The van der Waals surface area contributed by atoms with Gasteiger partial charge in [0.15, 0.2) is 0 Å². The third-order valence-electron chi connectivity index (χ3n) is 4.12. The Morgan fingerprint density at radius 3 is 2.80 bits per heavy atom. The summed E-state index contributed by atoms with van der Waals surface area (Å²) in [4.78, 5) is 1.22. The Balaban J connectivity index is 1.73. The van der Waals surface area contributed by atoms with Crippen LogP contribution in [-0.2, 0) is 0 Å². The summed E-state index contributed by atoms with van der Waals surface area (Å²) in [6.45, 7) is 3.32. The average molecular weight is 310 g/mol. The van der Waals surface area contributed by atoms with Crippen molar-refractivity contribution in [3.63, 3.8) is 0 Å². The van der Waals surface area contributed by atoms with Crippen LogP contribution >= 0.6 is 22.9 Å². The van der Waals surface area contributed by atoms with E-state index in [-0.39, 0.29) is 6.04 Å². The zero-order valence-electron chi connectivity index (χ0n) is 11.7. The highest BCUT2D eigenvalue weighted by Crippen LogP contribution is 2.49. The van der Waals surface area contributed by atoms with E-state index < -0.39 is 0 Å².